The predicted molar refractivity (Wildman–Crippen MR) is 145 cm³/mol. The minimum Gasteiger partial charge on any atom is -0.481 e. The fourth-order valence-electron chi connectivity index (χ4n) is 3.84. The van der Waals surface area contributed by atoms with Crippen LogP contribution < -0.4 is 21.5 Å². The van der Waals surface area contributed by atoms with Gasteiger partial charge in [0.2, 0.25) is 5.88 Å². The van der Waals surface area contributed by atoms with Gasteiger partial charge >= 0.3 is 11.9 Å². The molecule has 0 fully saturated rings. The summed E-state index contributed by atoms with van der Waals surface area (Å²) in [6.45, 7) is 1.73. The normalized spacial score (nSPS) is 11.5. The molecule has 1 atom stereocenters. The Kier molecular flexibility index (Phi) is 8.20. The number of aromatic nitrogens is 2. The number of nitrogens with two attached hydrogens (primary N) is 2. The maximum Gasteiger partial charge on any atom is 0.328 e. The number of fused-ring (bicyclic) bond motifs is 1. The molecular weight excluding hydrogens is 502 g/mol. The number of nitrogen functional groups attached to an aromatic ring is 2. The Morgan fingerprint density at radius 3 is 2.38 bits per heavy atom. The van der Waals surface area contributed by atoms with Gasteiger partial charge in [0.15, 0.2) is 0 Å². The van der Waals surface area contributed by atoms with Crippen LogP contribution in [0.3, 0.4) is 0 Å². The molecule has 0 aliphatic rings. The molecule has 0 saturated carbocycles. The molecule has 39 heavy (non-hydrogen) atoms. The van der Waals surface area contributed by atoms with E-state index in [1.165, 1.54) is 12.1 Å². The molecule has 4 rings (SSSR count). The molecule has 1 aromatic heterocycles. The zero-order chi connectivity index (χ0) is 27.9. The van der Waals surface area contributed by atoms with E-state index in [1.54, 1.807) is 31.2 Å². The summed E-state index contributed by atoms with van der Waals surface area (Å²) >= 11 is 0. The van der Waals surface area contributed by atoms with Crippen LogP contribution in [-0.4, -0.2) is 45.6 Å². The molecule has 11 nitrogen and oxygen atoms in total. The standard InChI is InChI=1S/C28H27N5O6/c1-2-38-28(37)21(12-13-23(34)35)31-26(36)17-8-10-19(11-9-17)39-27-24(16-6-4-3-5-7-16)33-25-20(30)14-18(29)15-22(25)32-27/h3-11,14-15,21H,2,12-13,29-30H2,1H3,(H,31,36)(H,34,35)/t21-/m0/s1. The summed E-state index contributed by atoms with van der Waals surface area (Å²) in [5.41, 5.74) is 15.3. The molecular formula is C28H27N5O6. The van der Waals surface area contributed by atoms with Crippen LogP contribution in [0.5, 0.6) is 11.6 Å². The molecule has 0 saturated heterocycles. The van der Waals surface area contributed by atoms with Crippen molar-refractivity contribution in [3.8, 4) is 22.9 Å². The Balaban J connectivity index is 1.59. The Morgan fingerprint density at radius 1 is 1.00 bits per heavy atom. The van der Waals surface area contributed by atoms with E-state index in [9.17, 15) is 14.4 Å². The van der Waals surface area contributed by atoms with Crippen molar-refractivity contribution >= 4 is 40.3 Å². The van der Waals surface area contributed by atoms with Crippen molar-refractivity contribution in [3.05, 3.63) is 72.3 Å². The number of nitrogens with one attached hydrogen (secondary N) is 1. The highest BCUT2D eigenvalue weighted by Gasteiger charge is 2.24. The molecule has 0 bridgehead atoms. The maximum absolute atomic E-state index is 12.8. The van der Waals surface area contributed by atoms with Crippen LogP contribution in [0.15, 0.2) is 66.7 Å². The van der Waals surface area contributed by atoms with Crippen LogP contribution in [0.25, 0.3) is 22.3 Å². The number of amides is 1. The molecule has 0 unspecified atom stereocenters. The lowest BCUT2D eigenvalue weighted by molar-refractivity contribution is -0.146. The monoisotopic (exact) mass is 529 g/mol. The fourth-order valence-corrected chi connectivity index (χ4v) is 3.84. The van der Waals surface area contributed by atoms with E-state index in [0.29, 0.717) is 33.9 Å². The van der Waals surface area contributed by atoms with Gasteiger partial charge in [0, 0.05) is 23.2 Å². The van der Waals surface area contributed by atoms with Gasteiger partial charge in [0.05, 0.1) is 17.8 Å². The van der Waals surface area contributed by atoms with Crippen LogP contribution in [0.1, 0.15) is 30.1 Å². The van der Waals surface area contributed by atoms with Crippen molar-refractivity contribution in [1.29, 1.82) is 0 Å². The molecule has 4 aromatic rings. The average molecular weight is 530 g/mol. The smallest absolute Gasteiger partial charge is 0.328 e. The Bertz CT molecular complexity index is 1510. The van der Waals surface area contributed by atoms with Gasteiger partial charge in [-0.2, -0.15) is 0 Å². The first-order valence-corrected chi connectivity index (χ1v) is 12.1. The van der Waals surface area contributed by atoms with E-state index >= 15 is 0 Å². The largest absolute Gasteiger partial charge is 0.481 e. The van der Waals surface area contributed by atoms with Gasteiger partial charge in [-0.1, -0.05) is 30.3 Å². The second kappa shape index (κ2) is 11.9. The third-order valence-corrected chi connectivity index (χ3v) is 5.69. The Hall–Kier alpha value is -5.19. The number of hydrogen-bond donors (Lipinski definition) is 4. The van der Waals surface area contributed by atoms with E-state index in [-0.39, 0.29) is 30.9 Å². The van der Waals surface area contributed by atoms with Crippen molar-refractivity contribution in [3.63, 3.8) is 0 Å². The van der Waals surface area contributed by atoms with Crippen molar-refractivity contribution in [2.24, 2.45) is 0 Å². The molecule has 11 heteroatoms. The number of carbonyl (C=O) groups excluding carboxylic acids is 2. The van der Waals surface area contributed by atoms with E-state index in [0.717, 1.165) is 5.56 Å². The molecule has 0 aliphatic carbocycles. The number of carboxylic acid groups (broad SMARTS) is 1. The first-order chi connectivity index (χ1) is 18.7. The van der Waals surface area contributed by atoms with Crippen LogP contribution in [0, 0.1) is 0 Å². The van der Waals surface area contributed by atoms with Gasteiger partial charge in [-0.3, -0.25) is 9.59 Å². The van der Waals surface area contributed by atoms with Crippen LogP contribution in [-0.2, 0) is 14.3 Å². The van der Waals surface area contributed by atoms with Crippen molar-refractivity contribution < 1.29 is 29.0 Å². The zero-order valence-corrected chi connectivity index (χ0v) is 21.1. The molecule has 3 aromatic carbocycles. The molecule has 1 heterocycles. The first-order valence-electron chi connectivity index (χ1n) is 12.1. The summed E-state index contributed by atoms with van der Waals surface area (Å²) in [4.78, 5) is 45.2. The summed E-state index contributed by atoms with van der Waals surface area (Å²) in [5, 5.41) is 11.5. The van der Waals surface area contributed by atoms with E-state index in [2.05, 4.69) is 10.3 Å². The maximum atomic E-state index is 12.8. The van der Waals surface area contributed by atoms with Crippen molar-refractivity contribution in [1.82, 2.24) is 15.3 Å². The predicted octanol–water partition coefficient (Wildman–Crippen LogP) is 3.78. The summed E-state index contributed by atoms with van der Waals surface area (Å²) in [7, 11) is 0. The summed E-state index contributed by atoms with van der Waals surface area (Å²) in [6.07, 6.45) is -0.399. The van der Waals surface area contributed by atoms with Gasteiger partial charge in [0.1, 0.15) is 23.0 Å². The number of carbonyl (C=O) groups is 3. The molecule has 0 radical (unpaired) electrons. The number of anilines is 2. The van der Waals surface area contributed by atoms with E-state index in [4.69, 9.17) is 31.0 Å². The van der Waals surface area contributed by atoms with Gasteiger partial charge < -0.3 is 31.4 Å². The Morgan fingerprint density at radius 2 is 1.72 bits per heavy atom. The summed E-state index contributed by atoms with van der Waals surface area (Å²) in [6, 6.07) is 17.7. The molecule has 6 N–H and O–H groups in total. The number of carboxylic acids is 1. The first kappa shape index (κ1) is 26.9. The summed E-state index contributed by atoms with van der Waals surface area (Å²) in [5.74, 6) is -1.76. The van der Waals surface area contributed by atoms with Gasteiger partial charge in [0.25, 0.3) is 5.91 Å². The Labute approximate surface area is 223 Å². The molecule has 0 aliphatic heterocycles. The molecule has 200 valence electrons. The second-order valence-electron chi connectivity index (χ2n) is 8.56. The van der Waals surface area contributed by atoms with Gasteiger partial charge in [-0.25, -0.2) is 14.8 Å². The highest BCUT2D eigenvalue weighted by molar-refractivity contribution is 5.97. The van der Waals surface area contributed by atoms with Crippen LogP contribution in [0.4, 0.5) is 11.4 Å². The lowest BCUT2D eigenvalue weighted by Gasteiger charge is -2.17. The molecule has 0 spiro atoms. The fraction of sp³-hybridized carbons (Fsp3) is 0.179. The minimum absolute atomic E-state index is 0.0982. The van der Waals surface area contributed by atoms with Gasteiger partial charge in [-0.15, -0.1) is 0 Å². The number of aliphatic carboxylic acids is 1. The van der Waals surface area contributed by atoms with Crippen molar-refractivity contribution in [2.75, 3.05) is 18.1 Å². The number of rotatable bonds is 10. The number of nitrogens with zero attached hydrogens (tertiary/aromatic N) is 2. The zero-order valence-electron chi connectivity index (χ0n) is 21.1. The highest BCUT2D eigenvalue weighted by Crippen LogP contribution is 2.34. The van der Waals surface area contributed by atoms with Crippen LogP contribution in [0.2, 0.25) is 0 Å². The average Bonchev–Trinajstić information content (AvgIpc) is 2.91. The SMILES string of the molecule is CCOC(=O)[C@H](CCC(=O)O)NC(=O)c1ccc(Oc2nc3cc(N)cc(N)c3nc2-c2ccccc2)cc1. The van der Waals surface area contributed by atoms with Crippen molar-refractivity contribution in [2.45, 2.75) is 25.8 Å². The third kappa shape index (κ3) is 6.58. The quantitative estimate of drug-likeness (QED) is 0.174. The third-order valence-electron chi connectivity index (χ3n) is 5.69. The second-order valence-corrected chi connectivity index (χ2v) is 8.56. The molecule has 1 amide bonds. The summed E-state index contributed by atoms with van der Waals surface area (Å²) < 4.78 is 11.0. The number of ether oxygens (including phenoxy) is 2. The van der Waals surface area contributed by atoms with E-state index < -0.39 is 23.9 Å². The number of benzene rings is 3. The number of hydrogen-bond acceptors (Lipinski definition) is 9. The topological polar surface area (TPSA) is 180 Å². The highest BCUT2D eigenvalue weighted by atomic mass is 16.5. The lowest BCUT2D eigenvalue weighted by Crippen LogP contribution is -2.42. The van der Waals surface area contributed by atoms with E-state index in [1.807, 2.05) is 30.3 Å². The van der Waals surface area contributed by atoms with Gasteiger partial charge in [-0.05, 0) is 49.7 Å². The lowest BCUT2D eigenvalue weighted by atomic mass is 10.1. The number of esters is 1. The van der Waals surface area contributed by atoms with Crippen LogP contribution >= 0.6 is 0 Å². The minimum atomic E-state index is -1.09.